The Morgan fingerprint density at radius 1 is 1.25 bits per heavy atom. The Kier molecular flexibility index (Phi) is 4.22. The second-order valence-corrected chi connectivity index (χ2v) is 8.05. The molecule has 0 bridgehead atoms. The molecule has 0 amide bonds. The van der Waals surface area contributed by atoms with Crippen LogP contribution in [0.25, 0.3) is 20.4 Å². The third-order valence-electron chi connectivity index (χ3n) is 3.52. The second kappa shape index (κ2) is 6.51. The van der Waals surface area contributed by atoms with Crippen molar-refractivity contribution in [1.29, 1.82) is 0 Å². The highest BCUT2D eigenvalue weighted by molar-refractivity contribution is 7.98. The van der Waals surface area contributed by atoms with Crippen LogP contribution in [0, 0.1) is 0 Å². The molecule has 0 saturated carbocycles. The summed E-state index contributed by atoms with van der Waals surface area (Å²) in [5, 5.41) is 4.33. The van der Waals surface area contributed by atoms with E-state index in [0.29, 0.717) is 22.8 Å². The number of fused-ring (bicyclic) bond motifs is 2. The summed E-state index contributed by atoms with van der Waals surface area (Å²) in [7, 11) is 0. The number of hydrogen-bond donors (Lipinski definition) is 0. The van der Waals surface area contributed by atoms with E-state index < -0.39 is 0 Å². The zero-order valence-corrected chi connectivity index (χ0v) is 15.1. The van der Waals surface area contributed by atoms with Crippen molar-refractivity contribution in [2.75, 3.05) is 0 Å². The predicted octanol–water partition coefficient (Wildman–Crippen LogP) is 4.55. The quantitative estimate of drug-likeness (QED) is 0.293. The number of allylic oxidation sites excluding steroid dienone is 1. The molecule has 0 unspecified atom stereocenters. The minimum absolute atomic E-state index is 0.00653. The van der Waals surface area contributed by atoms with Crippen LogP contribution in [0.15, 0.2) is 58.3 Å². The van der Waals surface area contributed by atoms with Gasteiger partial charge in [-0.3, -0.25) is 9.36 Å². The molecule has 0 atom stereocenters. The van der Waals surface area contributed by atoms with Crippen molar-refractivity contribution in [3.05, 3.63) is 63.7 Å². The van der Waals surface area contributed by atoms with E-state index in [1.807, 2.05) is 29.6 Å². The Hall–Kier alpha value is -1.96. The van der Waals surface area contributed by atoms with Gasteiger partial charge in [-0.15, -0.1) is 29.3 Å². The third-order valence-corrected chi connectivity index (χ3v) is 6.54. The molecule has 0 aliphatic rings. The molecule has 0 aliphatic carbocycles. The molecule has 0 aliphatic heterocycles. The number of nitrogens with zero attached hydrogens (tertiary/aromatic N) is 3. The first kappa shape index (κ1) is 15.6. The maximum Gasteiger partial charge on any atom is 0.263 e. The van der Waals surface area contributed by atoms with Crippen LogP contribution in [0.5, 0.6) is 0 Å². The lowest BCUT2D eigenvalue weighted by Crippen LogP contribution is -2.22. The van der Waals surface area contributed by atoms with Gasteiger partial charge in [0.25, 0.3) is 5.56 Å². The van der Waals surface area contributed by atoms with Gasteiger partial charge in [0.2, 0.25) is 0 Å². The van der Waals surface area contributed by atoms with E-state index in [-0.39, 0.29) is 5.56 Å². The first-order valence-electron chi connectivity index (χ1n) is 7.32. The van der Waals surface area contributed by atoms with Crippen molar-refractivity contribution < 1.29 is 0 Å². The summed E-state index contributed by atoms with van der Waals surface area (Å²) in [6, 6.07) is 9.93. The van der Waals surface area contributed by atoms with Gasteiger partial charge in [0, 0.05) is 6.54 Å². The van der Waals surface area contributed by atoms with Crippen molar-refractivity contribution >= 4 is 54.9 Å². The van der Waals surface area contributed by atoms with Crippen LogP contribution in [0.4, 0.5) is 0 Å². The number of thiophene rings is 1. The molecule has 4 nitrogen and oxygen atoms in total. The highest BCUT2D eigenvalue weighted by Crippen LogP contribution is 2.28. The zero-order valence-electron chi connectivity index (χ0n) is 12.6. The fraction of sp³-hybridized carbons (Fsp3) is 0.118. The standard InChI is InChI=1S/C17H13N3OS3/c1-2-8-20-16(21)11-7-9-22-15(11)19-17(20)23-10-14-18-12-5-3-4-6-13(12)24-14/h2-7,9H,1,8,10H2. The summed E-state index contributed by atoms with van der Waals surface area (Å²) in [5.41, 5.74) is 1.01. The van der Waals surface area contributed by atoms with E-state index in [9.17, 15) is 4.79 Å². The Labute approximate surface area is 150 Å². The van der Waals surface area contributed by atoms with E-state index in [0.717, 1.165) is 15.4 Å². The molecule has 1 aromatic carbocycles. The van der Waals surface area contributed by atoms with Crippen LogP contribution in [0.1, 0.15) is 5.01 Å². The molecular formula is C17H13N3OS3. The Bertz CT molecular complexity index is 1060. The van der Waals surface area contributed by atoms with Crippen molar-refractivity contribution in [2.45, 2.75) is 17.5 Å². The van der Waals surface area contributed by atoms with Gasteiger partial charge in [0.1, 0.15) is 9.84 Å². The summed E-state index contributed by atoms with van der Waals surface area (Å²) in [6.07, 6.45) is 1.73. The summed E-state index contributed by atoms with van der Waals surface area (Å²) in [6.45, 7) is 4.21. The normalized spacial score (nSPS) is 11.3. The molecule has 0 spiro atoms. The first-order chi connectivity index (χ1) is 11.8. The van der Waals surface area contributed by atoms with Gasteiger partial charge >= 0.3 is 0 Å². The maximum absolute atomic E-state index is 12.6. The van der Waals surface area contributed by atoms with E-state index in [4.69, 9.17) is 0 Å². The lowest BCUT2D eigenvalue weighted by Gasteiger charge is -2.09. The number of aromatic nitrogens is 3. The average molecular weight is 372 g/mol. The van der Waals surface area contributed by atoms with Crippen molar-refractivity contribution in [2.24, 2.45) is 0 Å². The Morgan fingerprint density at radius 3 is 2.96 bits per heavy atom. The lowest BCUT2D eigenvalue weighted by molar-refractivity contribution is 0.673. The largest absolute Gasteiger partial charge is 0.283 e. The number of thioether (sulfide) groups is 1. The molecule has 0 radical (unpaired) electrons. The van der Waals surface area contributed by atoms with E-state index in [1.165, 1.54) is 16.0 Å². The molecule has 7 heteroatoms. The van der Waals surface area contributed by atoms with Crippen LogP contribution in [-0.4, -0.2) is 14.5 Å². The van der Waals surface area contributed by atoms with Gasteiger partial charge in [0.05, 0.1) is 21.4 Å². The third kappa shape index (κ3) is 2.79. The van der Waals surface area contributed by atoms with Gasteiger partial charge in [0.15, 0.2) is 5.16 Å². The van der Waals surface area contributed by atoms with Crippen LogP contribution < -0.4 is 5.56 Å². The SMILES string of the molecule is C=CCn1c(SCc2nc3ccccc3s2)nc2sccc2c1=O. The molecular weight excluding hydrogens is 358 g/mol. The summed E-state index contributed by atoms with van der Waals surface area (Å²) < 4.78 is 2.86. The molecule has 0 saturated heterocycles. The highest BCUT2D eigenvalue weighted by atomic mass is 32.2. The van der Waals surface area contributed by atoms with Crippen LogP contribution in [0.2, 0.25) is 0 Å². The first-order valence-corrected chi connectivity index (χ1v) is 10.0. The minimum Gasteiger partial charge on any atom is -0.283 e. The van der Waals surface area contributed by atoms with Gasteiger partial charge in [-0.05, 0) is 23.6 Å². The molecule has 24 heavy (non-hydrogen) atoms. The predicted molar refractivity (Wildman–Crippen MR) is 103 cm³/mol. The number of para-hydroxylation sites is 1. The summed E-state index contributed by atoms with van der Waals surface area (Å²) in [4.78, 5) is 22.7. The minimum atomic E-state index is -0.00653. The molecule has 120 valence electrons. The van der Waals surface area contributed by atoms with E-state index in [2.05, 4.69) is 22.6 Å². The van der Waals surface area contributed by atoms with Crippen LogP contribution in [0.3, 0.4) is 0 Å². The van der Waals surface area contributed by atoms with Crippen molar-refractivity contribution in [1.82, 2.24) is 14.5 Å². The molecule has 0 N–H and O–H groups in total. The Balaban J connectivity index is 1.69. The van der Waals surface area contributed by atoms with Crippen LogP contribution in [-0.2, 0) is 12.3 Å². The smallest absolute Gasteiger partial charge is 0.263 e. The zero-order chi connectivity index (χ0) is 16.5. The molecule has 4 aromatic rings. The van der Waals surface area contributed by atoms with Crippen LogP contribution >= 0.6 is 34.4 Å². The number of thiazole rings is 1. The Morgan fingerprint density at radius 2 is 2.12 bits per heavy atom. The molecule has 3 heterocycles. The molecule has 4 rings (SSSR count). The van der Waals surface area contributed by atoms with Gasteiger partial charge in [-0.25, -0.2) is 9.97 Å². The number of rotatable bonds is 5. The van der Waals surface area contributed by atoms with Gasteiger partial charge in [-0.1, -0.05) is 30.0 Å². The van der Waals surface area contributed by atoms with Crippen molar-refractivity contribution in [3.63, 3.8) is 0 Å². The second-order valence-electron chi connectivity index (χ2n) is 5.10. The molecule has 0 fully saturated rings. The van der Waals surface area contributed by atoms with Gasteiger partial charge in [-0.2, -0.15) is 0 Å². The maximum atomic E-state index is 12.6. The topological polar surface area (TPSA) is 47.8 Å². The molecule has 3 aromatic heterocycles. The monoisotopic (exact) mass is 371 g/mol. The van der Waals surface area contributed by atoms with Crippen molar-refractivity contribution in [3.8, 4) is 0 Å². The fourth-order valence-corrected chi connectivity index (χ4v) is 5.21. The van der Waals surface area contributed by atoms with Gasteiger partial charge < -0.3 is 0 Å². The van der Waals surface area contributed by atoms with E-state index >= 15 is 0 Å². The average Bonchev–Trinajstić information content (AvgIpc) is 3.22. The summed E-state index contributed by atoms with van der Waals surface area (Å²) in [5.74, 6) is 0.694. The fourth-order valence-electron chi connectivity index (χ4n) is 2.44. The number of hydrogen-bond acceptors (Lipinski definition) is 6. The number of benzene rings is 1. The van der Waals surface area contributed by atoms with E-state index in [1.54, 1.807) is 33.7 Å². The summed E-state index contributed by atoms with van der Waals surface area (Å²) >= 11 is 4.72. The lowest BCUT2D eigenvalue weighted by atomic mass is 10.3. The highest BCUT2D eigenvalue weighted by Gasteiger charge is 2.13.